The lowest BCUT2D eigenvalue weighted by Crippen LogP contribution is -2.42. The van der Waals surface area contributed by atoms with Gasteiger partial charge in [-0.2, -0.15) is 13.2 Å². The summed E-state index contributed by atoms with van der Waals surface area (Å²) in [6, 6.07) is 0. The molecule has 0 unspecified atom stereocenters. The topological polar surface area (TPSA) is 9.23 Å². The van der Waals surface area contributed by atoms with E-state index in [9.17, 15) is 13.2 Å². The van der Waals surface area contributed by atoms with E-state index < -0.39 is 6.68 Å². The van der Waals surface area contributed by atoms with Crippen LogP contribution < -0.4 is 0 Å². The van der Waals surface area contributed by atoms with Crippen LogP contribution in [0.2, 0.25) is 0 Å². The van der Waals surface area contributed by atoms with Gasteiger partial charge in [-0.05, 0) is 6.42 Å². The predicted molar refractivity (Wildman–Crippen MR) is 53.4 cm³/mol. The van der Waals surface area contributed by atoms with Crippen LogP contribution in [0.25, 0.3) is 0 Å². The lowest BCUT2D eigenvalue weighted by Gasteiger charge is -2.28. The summed E-state index contributed by atoms with van der Waals surface area (Å²) in [7, 11) is 2.29. The normalized spacial score (nSPS) is 18.8. The van der Waals surface area contributed by atoms with Gasteiger partial charge in [0, 0.05) is 12.8 Å². The van der Waals surface area contributed by atoms with E-state index in [0.717, 1.165) is 24.2 Å². The molecule has 1 rings (SSSR count). The van der Waals surface area contributed by atoms with Gasteiger partial charge in [0.25, 0.3) is 0 Å². The van der Waals surface area contributed by atoms with Crippen molar-refractivity contribution in [3.05, 3.63) is 0 Å². The van der Waals surface area contributed by atoms with Crippen molar-refractivity contribution in [3.63, 3.8) is 0 Å². The third-order valence-corrected chi connectivity index (χ3v) is 2.40. The van der Waals surface area contributed by atoms with Gasteiger partial charge in [0.1, 0.15) is 0 Å². The molecule has 5 heteroatoms. The van der Waals surface area contributed by atoms with Crippen molar-refractivity contribution in [3.8, 4) is 0 Å². The fourth-order valence-corrected chi connectivity index (χ4v) is 1.66. The van der Waals surface area contributed by atoms with Gasteiger partial charge < -0.3 is 9.22 Å². The Morgan fingerprint density at radius 1 is 1.20 bits per heavy atom. The van der Waals surface area contributed by atoms with Crippen LogP contribution in [0, 0.1) is 0 Å². The van der Waals surface area contributed by atoms with Crippen molar-refractivity contribution in [2.45, 2.75) is 32.9 Å². The van der Waals surface area contributed by atoms with Gasteiger partial charge in [0.05, 0.1) is 26.7 Å². The molecule has 0 radical (unpaired) electrons. The Morgan fingerprint density at radius 2 is 1.67 bits per heavy atom. The molecule has 0 atom stereocenters. The van der Waals surface area contributed by atoms with Crippen molar-refractivity contribution >= 4 is 0 Å². The minimum absolute atomic E-state index is 0.924. The second kappa shape index (κ2) is 7.93. The summed E-state index contributed by atoms with van der Waals surface area (Å²) in [5, 5.41) is 0. The number of nitrogens with zero attached hydrogens (tertiary/aromatic N) is 1. The maximum Gasteiger partial charge on any atom is 0.379 e. The molecule has 1 fully saturated rings. The van der Waals surface area contributed by atoms with Gasteiger partial charge in [-0.1, -0.05) is 6.92 Å². The minimum atomic E-state index is -3.67. The highest BCUT2D eigenvalue weighted by atomic mass is 19.4. The summed E-state index contributed by atoms with van der Waals surface area (Å²) in [4.78, 5) is 0. The highest BCUT2D eigenvalue weighted by molar-refractivity contribution is 4.48. The van der Waals surface area contributed by atoms with E-state index in [1.807, 2.05) is 0 Å². The Bertz CT molecular complexity index is 147. The Kier molecular flexibility index (Phi) is 7.78. The molecular formula is C10H21F3NO+. The van der Waals surface area contributed by atoms with E-state index in [2.05, 4.69) is 14.0 Å². The summed E-state index contributed by atoms with van der Waals surface area (Å²) in [5.74, 6) is 0. The monoisotopic (exact) mass is 228 g/mol. The van der Waals surface area contributed by atoms with Crippen LogP contribution in [0.3, 0.4) is 0 Å². The number of hydrogen-bond acceptors (Lipinski definition) is 1. The fourth-order valence-electron chi connectivity index (χ4n) is 1.66. The van der Waals surface area contributed by atoms with Crippen molar-refractivity contribution in [1.29, 1.82) is 0 Å². The molecule has 1 aliphatic rings. The van der Waals surface area contributed by atoms with Gasteiger partial charge in [-0.3, -0.25) is 0 Å². The molecule has 0 amide bonds. The predicted octanol–water partition coefficient (Wildman–Crippen LogP) is 2.79. The molecule has 0 saturated carbocycles. The number of quaternary nitrogens is 1. The molecule has 0 bridgehead atoms. The Hall–Kier alpha value is -0.290. The molecular weight excluding hydrogens is 207 g/mol. The van der Waals surface area contributed by atoms with Gasteiger partial charge in [0.15, 0.2) is 6.73 Å². The van der Waals surface area contributed by atoms with Crippen LogP contribution >= 0.6 is 0 Å². The third kappa shape index (κ3) is 8.69. The highest BCUT2D eigenvalue weighted by Gasteiger charge is 2.26. The van der Waals surface area contributed by atoms with Gasteiger partial charge >= 0.3 is 6.68 Å². The molecule has 15 heavy (non-hydrogen) atoms. The zero-order valence-corrected chi connectivity index (χ0v) is 9.52. The molecule has 0 aromatic heterocycles. The maximum absolute atomic E-state index is 9.67. The SMILES string of the molecule is CCCOC[N+]1(C)CCCC1.FC(F)F. The molecule has 1 aliphatic heterocycles. The van der Waals surface area contributed by atoms with Crippen LogP contribution in [0.15, 0.2) is 0 Å². The molecule has 0 N–H and O–H groups in total. The standard InChI is InChI=1S/C9H20NO.CHF3/c1-3-8-11-9-10(2)6-4-5-7-10;2-1(3)4/h3-9H2,1-2H3;1H/q+1;. The summed E-state index contributed by atoms with van der Waals surface area (Å²) >= 11 is 0. The number of rotatable bonds is 4. The van der Waals surface area contributed by atoms with E-state index in [0.29, 0.717) is 0 Å². The lowest BCUT2D eigenvalue weighted by atomic mass is 10.4. The minimum Gasteiger partial charge on any atom is -0.332 e. The Labute approximate surface area is 89.6 Å². The number of hydrogen-bond donors (Lipinski definition) is 0. The first-order chi connectivity index (χ1) is 7.00. The highest BCUT2D eigenvalue weighted by Crippen LogP contribution is 2.15. The van der Waals surface area contributed by atoms with Crippen molar-refractivity contribution in [2.75, 3.05) is 33.5 Å². The summed E-state index contributed by atoms with van der Waals surface area (Å²) in [6.07, 6.45) is 3.90. The molecule has 0 aromatic rings. The molecule has 92 valence electrons. The van der Waals surface area contributed by atoms with Gasteiger partial charge in [-0.25, -0.2) is 0 Å². The quantitative estimate of drug-likeness (QED) is 0.531. The first-order valence-corrected chi connectivity index (χ1v) is 5.34. The Morgan fingerprint density at radius 3 is 2.07 bits per heavy atom. The smallest absolute Gasteiger partial charge is 0.332 e. The van der Waals surface area contributed by atoms with E-state index in [4.69, 9.17) is 4.74 Å². The van der Waals surface area contributed by atoms with Crippen LogP contribution in [0.4, 0.5) is 13.2 Å². The largest absolute Gasteiger partial charge is 0.379 e. The van der Waals surface area contributed by atoms with Gasteiger partial charge in [0.2, 0.25) is 0 Å². The van der Waals surface area contributed by atoms with Crippen molar-refractivity contribution in [2.24, 2.45) is 0 Å². The fraction of sp³-hybridized carbons (Fsp3) is 1.00. The third-order valence-electron chi connectivity index (χ3n) is 2.40. The molecule has 1 heterocycles. The number of ether oxygens (including phenoxy) is 1. The zero-order chi connectivity index (χ0) is 11.7. The van der Waals surface area contributed by atoms with Crippen LogP contribution in [-0.4, -0.2) is 44.6 Å². The van der Waals surface area contributed by atoms with Crippen LogP contribution in [0.1, 0.15) is 26.2 Å². The van der Waals surface area contributed by atoms with Crippen LogP contribution in [-0.2, 0) is 4.74 Å². The lowest BCUT2D eigenvalue weighted by molar-refractivity contribution is -0.916. The van der Waals surface area contributed by atoms with E-state index >= 15 is 0 Å². The van der Waals surface area contributed by atoms with E-state index in [1.165, 1.54) is 25.9 Å². The molecule has 0 aliphatic carbocycles. The molecule has 2 nitrogen and oxygen atoms in total. The summed E-state index contributed by atoms with van der Waals surface area (Å²) in [6.45, 7) is 2.96. The second-order valence-corrected chi connectivity index (χ2v) is 4.06. The molecule has 0 aromatic carbocycles. The van der Waals surface area contributed by atoms with Gasteiger partial charge in [-0.15, -0.1) is 0 Å². The van der Waals surface area contributed by atoms with Crippen molar-refractivity contribution < 1.29 is 22.4 Å². The first kappa shape index (κ1) is 14.7. The number of halogens is 3. The Balaban J connectivity index is 0.000000423. The van der Waals surface area contributed by atoms with Crippen molar-refractivity contribution in [1.82, 2.24) is 0 Å². The summed E-state index contributed by atoms with van der Waals surface area (Å²) in [5.41, 5.74) is 0. The van der Waals surface area contributed by atoms with E-state index in [1.54, 1.807) is 0 Å². The summed E-state index contributed by atoms with van der Waals surface area (Å²) < 4.78 is 35.7. The number of likely N-dealkylation sites (tertiary alicyclic amines) is 1. The zero-order valence-electron chi connectivity index (χ0n) is 9.52. The van der Waals surface area contributed by atoms with Crippen LogP contribution in [0.5, 0.6) is 0 Å². The average molecular weight is 228 g/mol. The molecule has 0 spiro atoms. The van der Waals surface area contributed by atoms with E-state index in [-0.39, 0.29) is 0 Å². The molecule has 1 saturated heterocycles. The first-order valence-electron chi connectivity index (χ1n) is 5.34. The number of alkyl halides is 3. The maximum atomic E-state index is 9.67. The average Bonchev–Trinajstić information content (AvgIpc) is 2.52. The second-order valence-electron chi connectivity index (χ2n) is 4.06.